The standard InChI is InChI=1S/C21H34O3/c1-13(22)21(24)11-8-18-16-5-4-14-12-15(23)6-9-19(14,2)17(16)7-10-20(18,21)3/h14-18,23-24H,4-12H2,1-3H3/t14-,15-,16-,17+,18+,19-,20+,21+/m0/s1. The van der Waals surface area contributed by atoms with Crippen molar-refractivity contribution in [1.29, 1.82) is 0 Å². The molecule has 0 amide bonds. The molecule has 0 saturated heterocycles. The Balaban J connectivity index is 1.65. The fourth-order valence-electron chi connectivity index (χ4n) is 7.83. The summed E-state index contributed by atoms with van der Waals surface area (Å²) in [5.74, 6) is 2.52. The number of aliphatic hydroxyl groups is 2. The molecule has 4 fully saturated rings. The molecule has 8 atom stereocenters. The Morgan fingerprint density at radius 2 is 1.67 bits per heavy atom. The van der Waals surface area contributed by atoms with Crippen molar-refractivity contribution in [2.75, 3.05) is 0 Å². The zero-order valence-corrected chi connectivity index (χ0v) is 15.6. The van der Waals surface area contributed by atoms with E-state index >= 15 is 0 Å². The van der Waals surface area contributed by atoms with Crippen molar-refractivity contribution in [3.63, 3.8) is 0 Å². The van der Waals surface area contributed by atoms with Crippen LogP contribution in [0, 0.1) is 34.5 Å². The first-order chi connectivity index (χ1) is 11.2. The lowest BCUT2D eigenvalue weighted by Gasteiger charge is -2.61. The highest BCUT2D eigenvalue weighted by molar-refractivity contribution is 5.86. The van der Waals surface area contributed by atoms with Gasteiger partial charge >= 0.3 is 0 Å². The average Bonchev–Trinajstić information content (AvgIpc) is 2.81. The van der Waals surface area contributed by atoms with Gasteiger partial charge in [0, 0.05) is 5.41 Å². The Bertz CT molecular complexity index is 545. The second-order valence-electron chi connectivity index (χ2n) is 10.00. The Morgan fingerprint density at radius 1 is 0.958 bits per heavy atom. The zero-order chi connectivity index (χ0) is 17.3. The predicted octanol–water partition coefficient (Wildman–Crippen LogP) is 3.71. The maximum absolute atomic E-state index is 12.2. The number of rotatable bonds is 1. The molecule has 3 heteroatoms. The number of hydrogen-bond donors (Lipinski definition) is 2. The molecule has 4 rings (SSSR count). The van der Waals surface area contributed by atoms with Crippen LogP contribution in [-0.4, -0.2) is 27.7 Å². The summed E-state index contributed by atoms with van der Waals surface area (Å²) >= 11 is 0. The Kier molecular flexibility index (Phi) is 3.76. The van der Waals surface area contributed by atoms with Gasteiger partial charge in [0.15, 0.2) is 5.78 Å². The van der Waals surface area contributed by atoms with Gasteiger partial charge in [0.25, 0.3) is 0 Å². The first-order valence-electron chi connectivity index (χ1n) is 10.1. The molecule has 4 aliphatic carbocycles. The topological polar surface area (TPSA) is 57.5 Å². The van der Waals surface area contributed by atoms with Gasteiger partial charge in [0.1, 0.15) is 5.60 Å². The van der Waals surface area contributed by atoms with Crippen LogP contribution in [0.15, 0.2) is 0 Å². The normalized spacial score (nSPS) is 57.0. The van der Waals surface area contributed by atoms with Crippen molar-refractivity contribution in [2.24, 2.45) is 34.5 Å². The fraction of sp³-hybridized carbons (Fsp3) is 0.952. The van der Waals surface area contributed by atoms with Crippen LogP contribution in [0.25, 0.3) is 0 Å². The third-order valence-electron chi connectivity index (χ3n) is 9.37. The van der Waals surface area contributed by atoms with Gasteiger partial charge in [-0.25, -0.2) is 0 Å². The van der Waals surface area contributed by atoms with E-state index in [0.29, 0.717) is 29.6 Å². The van der Waals surface area contributed by atoms with Gasteiger partial charge in [-0.2, -0.15) is 0 Å². The van der Waals surface area contributed by atoms with Crippen LogP contribution in [-0.2, 0) is 4.79 Å². The van der Waals surface area contributed by atoms with E-state index in [1.165, 1.54) is 12.8 Å². The summed E-state index contributed by atoms with van der Waals surface area (Å²) in [5.41, 5.74) is -0.957. The third-order valence-corrected chi connectivity index (χ3v) is 9.37. The maximum atomic E-state index is 12.2. The lowest BCUT2D eigenvalue weighted by Crippen LogP contribution is -2.58. The molecule has 0 aromatic rings. The van der Waals surface area contributed by atoms with E-state index in [9.17, 15) is 15.0 Å². The summed E-state index contributed by atoms with van der Waals surface area (Å²) in [6.45, 7) is 6.26. The van der Waals surface area contributed by atoms with Gasteiger partial charge in [0.2, 0.25) is 0 Å². The van der Waals surface area contributed by atoms with Crippen molar-refractivity contribution in [3.8, 4) is 0 Å². The molecule has 0 aromatic carbocycles. The summed E-state index contributed by atoms with van der Waals surface area (Å²) in [6, 6.07) is 0. The molecule has 0 aromatic heterocycles. The largest absolute Gasteiger partial charge is 0.393 e. The molecule has 0 bridgehead atoms. The Hall–Kier alpha value is -0.410. The summed E-state index contributed by atoms with van der Waals surface area (Å²) in [5, 5.41) is 21.3. The summed E-state index contributed by atoms with van der Waals surface area (Å²) in [6.07, 6.45) is 9.25. The molecule has 24 heavy (non-hydrogen) atoms. The second-order valence-corrected chi connectivity index (χ2v) is 10.00. The molecule has 3 nitrogen and oxygen atoms in total. The summed E-state index contributed by atoms with van der Waals surface area (Å²) in [4.78, 5) is 12.2. The van der Waals surface area contributed by atoms with Crippen molar-refractivity contribution in [1.82, 2.24) is 0 Å². The van der Waals surface area contributed by atoms with Gasteiger partial charge in [-0.05, 0) is 93.8 Å². The first-order valence-corrected chi connectivity index (χ1v) is 10.1. The van der Waals surface area contributed by atoms with Gasteiger partial charge in [-0.15, -0.1) is 0 Å². The van der Waals surface area contributed by atoms with Crippen LogP contribution < -0.4 is 0 Å². The van der Waals surface area contributed by atoms with E-state index in [1.54, 1.807) is 6.92 Å². The van der Waals surface area contributed by atoms with Gasteiger partial charge in [0.05, 0.1) is 6.10 Å². The summed E-state index contributed by atoms with van der Waals surface area (Å²) < 4.78 is 0. The zero-order valence-electron chi connectivity index (χ0n) is 15.6. The van der Waals surface area contributed by atoms with Crippen LogP contribution in [0.3, 0.4) is 0 Å². The van der Waals surface area contributed by atoms with Crippen molar-refractivity contribution in [2.45, 2.75) is 90.3 Å². The molecule has 2 N–H and O–H groups in total. The third kappa shape index (κ3) is 2.00. The van der Waals surface area contributed by atoms with Crippen LogP contribution in [0.2, 0.25) is 0 Å². The van der Waals surface area contributed by atoms with E-state index in [2.05, 4.69) is 13.8 Å². The van der Waals surface area contributed by atoms with Crippen LogP contribution in [0.1, 0.15) is 78.6 Å². The molecular formula is C21H34O3. The predicted molar refractivity (Wildman–Crippen MR) is 93.4 cm³/mol. The number of hydrogen-bond acceptors (Lipinski definition) is 3. The molecule has 0 radical (unpaired) electrons. The second kappa shape index (κ2) is 5.30. The molecule has 0 aliphatic heterocycles. The number of fused-ring (bicyclic) bond motifs is 5. The summed E-state index contributed by atoms with van der Waals surface area (Å²) in [7, 11) is 0. The van der Waals surface area contributed by atoms with E-state index in [-0.39, 0.29) is 17.3 Å². The molecule has 4 saturated carbocycles. The molecule has 0 spiro atoms. The number of carbonyl (C=O) groups is 1. The minimum Gasteiger partial charge on any atom is -0.393 e. The average molecular weight is 335 g/mol. The number of carbonyl (C=O) groups excluding carboxylic acids is 1. The van der Waals surface area contributed by atoms with Gasteiger partial charge < -0.3 is 10.2 Å². The lowest BCUT2D eigenvalue weighted by molar-refractivity contribution is -0.170. The molecule has 0 heterocycles. The van der Waals surface area contributed by atoms with E-state index in [1.807, 2.05) is 0 Å². The van der Waals surface area contributed by atoms with Crippen LogP contribution in [0.5, 0.6) is 0 Å². The molecule has 0 unspecified atom stereocenters. The molecular weight excluding hydrogens is 300 g/mol. The van der Waals surface area contributed by atoms with E-state index < -0.39 is 5.60 Å². The van der Waals surface area contributed by atoms with Gasteiger partial charge in [-0.3, -0.25) is 4.79 Å². The minimum absolute atomic E-state index is 0.0216. The van der Waals surface area contributed by atoms with Crippen LogP contribution >= 0.6 is 0 Å². The van der Waals surface area contributed by atoms with E-state index in [4.69, 9.17) is 0 Å². The van der Waals surface area contributed by atoms with Crippen molar-refractivity contribution >= 4 is 5.78 Å². The van der Waals surface area contributed by atoms with E-state index in [0.717, 1.165) is 44.4 Å². The quantitative estimate of drug-likeness (QED) is 0.768. The first kappa shape index (κ1) is 17.0. The highest BCUT2D eigenvalue weighted by Crippen LogP contribution is 2.68. The Morgan fingerprint density at radius 3 is 2.38 bits per heavy atom. The smallest absolute Gasteiger partial charge is 0.161 e. The minimum atomic E-state index is -1.09. The van der Waals surface area contributed by atoms with Crippen molar-refractivity contribution < 1.29 is 15.0 Å². The van der Waals surface area contributed by atoms with Gasteiger partial charge in [-0.1, -0.05) is 13.8 Å². The highest BCUT2D eigenvalue weighted by atomic mass is 16.3. The number of Topliss-reactive ketones (excluding diaryl/α,β-unsaturated/α-hetero) is 1. The highest BCUT2D eigenvalue weighted by Gasteiger charge is 2.65. The maximum Gasteiger partial charge on any atom is 0.161 e. The monoisotopic (exact) mass is 334 g/mol. The molecule has 136 valence electrons. The molecule has 4 aliphatic rings. The fourth-order valence-corrected chi connectivity index (χ4v) is 7.83. The number of aliphatic hydroxyl groups excluding tert-OH is 1. The van der Waals surface area contributed by atoms with Crippen LogP contribution in [0.4, 0.5) is 0 Å². The lowest BCUT2D eigenvalue weighted by atomic mass is 9.44. The van der Waals surface area contributed by atoms with Crippen molar-refractivity contribution in [3.05, 3.63) is 0 Å². The SMILES string of the molecule is CC(=O)[C@]1(O)CC[C@@H]2[C@H]3CC[C@H]4C[C@@H](O)CC[C@]4(C)[C@@H]3CC[C@]21C. The number of ketones is 1. The Labute approximate surface area is 146 Å².